The van der Waals surface area contributed by atoms with Gasteiger partial charge in [-0.3, -0.25) is 9.59 Å². The lowest BCUT2D eigenvalue weighted by molar-refractivity contribution is -0.124. The lowest BCUT2D eigenvalue weighted by atomic mass is 10.0. The van der Waals surface area contributed by atoms with Crippen molar-refractivity contribution in [1.29, 1.82) is 0 Å². The number of nitrogens with zero attached hydrogens (tertiary/aromatic N) is 2. The predicted octanol–water partition coefficient (Wildman–Crippen LogP) is 3.33. The molecule has 0 aliphatic carbocycles. The van der Waals surface area contributed by atoms with Crippen LogP contribution in [0.3, 0.4) is 0 Å². The van der Waals surface area contributed by atoms with E-state index in [9.17, 15) is 14.4 Å². The number of rotatable bonds is 13. The number of benzene rings is 1. The number of aromatic nitrogens is 2. The Kier molecular flexibility index (Phi) is 10.8. The molecule has 1 heterocycles. The van der Waals surface area contributed by atoms with Gasteiger partial charge >= 0.3 is 6.09 Å². The van der Waals surface area contributed by atoms with E-state index in [1.54, 1.807) is 6.26 Å². The molecule has 0 spiro atoms. The van der Waals surface area contributed by atoms with Gasteiger partial charge in [0, 0.05) is 16.6 Å². The zero-order chi connectivity index (χ0) is 24.2. The molecule has 10 nitrogen and oxygen atoms in total. The molecular weight excluding hydrogens is 448 g/mol. The van der Waals surface area contributed by atoms with Crippen LogP contribution in [0.15, 0.2) is 40.0 Å². The number of Topliss-reactive ketones (excluding diaryl/α,β-unsaturated/α-hetero) is 1. The molecule has 0 radical (unpaired) electrons. The maximum atomic E-state index is 13.0. The summed E-state index contributed by atoms with van der Waals surface area (Å²) in [6, 6.07) is 7.36. The number of thioether (sulfide) groups is 1. The van der Waals surface area contributed by atoms with E-state index in [2.05, 4.69) is 20.8 Å². The minimum Gasteiger partial charge on any atom is -0.445 e. The van der Waals surface area contributed by atoms with Crippen LogP contribution in [-0.4, -0.2) is 60.0 Å². The molecule has 0 unspecified atom stereocenters. The molecule has 0 fully saturated rings. The number of hydrogen-bond acceptors (Lipinski definition) is 9. The van der Waals surface area contributed by atoms with Crippen LogP contribution in [0.25, 0.3) is 0 Å². The monoisotopic (exact) mass is 482 g/mol. The molecule has 11 heteroatoms. The van der Waals surface area contributed by atoms with Crippen LogP contribution >= 0.6 is 11.8 Å². The van der Waals surface area contributed by atoms with Crippen LogP contribution in [0, 0.1) is 5.92 Å². The van der Waals surface area contributed by atoms with Crippen molar-refractivity contribution >= 4 is 29.5 Å². The Morgan fingerprint density at radius 1 is 1.12 bits per heavy atom. The van der Waals surface area contributed by atoms with E-state index in [-0.39, 0.29) is 39.5 Å². The summed E-state index contributed by atoms with van der Waals surface area (Å²) in [5.74, 6) is -1.14. The van der Waals surface area contributed by atoms with Crippen LogP contribution in [0.5, 0.6) is 0 Å². The summed E-state index contributed by atoms with van der Waals surface area (Å²) in [5.41, 5.74) is 0.826. The van der Waals surface area contributed by atoms with Gasteiger partial charge in [0.15, 0.2) is 0 Å². The number of carbonyl (C=O) groups excluding carboxylic acids is 3. The Morgan fingerprint density at radius 3 is 2.45 bits per heavy atom. The number of hydrogen-bond donors (Lipinski definition) is 2. The molecule has 2 atom stereocenters. The molecule has 1 aromatic heterocycles. The van der Waals surface area contributed by atoms with Crippen LogP contribution in [-0.2, 0) is 20.9 Å². The third kappa shape index (κ3) is 8.85. The van der Waals surface area contributed by atoms with Crippen LogP contribution < -0.4 is 10.6 Å². The first-order valence-corrected chi connectivity index (χ1v) is 11.7. The maximum Gasteiger partial charge on any atom is 0.408 e. The van der Waals surface area contributed by atoms with E-state index in [0.717, 1.165) is 5.56 Å². The molecule has 0 saturated heterocycles. The molecular formula is C22H34N4O6S. The van der Waals surface area contributed by atoms with Crippen molar-refractivity contribution in [1.82, 2.24) is 20.8 Å². The molecule has 0 saturated carbocycles. The second-order valence-corrected chi connectivity index (χ2v) is 8.43. The number of amides is 2. The van der Waals surface area contributed by atoms with Gasteiger partial charge in [-0.1, -0.05) is 55.9 Å². The van der Waals surface area contributed by atoms with Crippen molar-refractivity contribution in [3.8, 4) is 0 Å². The average molecular weight is 483 g/mol. The Bertz CT molecular complexity index is 916. The van der Waals surface area contributed by atoms with E-state index in [1.165, 1.54) is 18.9 Å². The van der Waals surface area contributed by atoms with Gasteiger partial charge < -0.3 is 24.5 Å². The Morgan fingerprint density at radius 2 is 1.85 bits per heavy atom. The van der Waals surface area contributed by atoms with E-state index in [0.29, 0.717) is 6.42 Å². The van der Waals surface area contributed by atoms with Gasteiger partial charge in [-0.25, -0.2) is 4.79 Å². The van der Waals surface area contributed by atoms with Gasteiger partial charge in [0.05, 0.1) is 6.04 Å². The lowest BCUT2D eigenvalue weighted by Gasteiger charge is -2.23. The van der Waals surface area contributed by atoms with Crippen molar-refractivity contribution in [3.05, 3.63) is 41.8 Å². The van der Waals surface area contributed by atoms with Gasteiger partial charge in [0.1, 0.15) is 12.6 Å². The summed E-state index contributed by atoms with van der Waals surface area (Å²) in [5, 5.41) is 13.0. The molecule has 2 amide bonds. The van der Waals surface area contributed by atoms with E-state index < -0.39 is 29.9 Å². The number of ketones is 1. The van der Waals surface area contributed by atoms with Gasteiger partial charge in [-0.2, -0.15) is 0 Å². The molecule has 2 N–H and O–H groups in total. The first kappa shape index (κ1) is 26.3. The van der Waals surface area contributed by atoms with Crippen LogP contribution in [0.4, 0.5) is 4.79 Å². The smallest absolute Gasteiger partial charge is 0.408 e. The largest absolute Gasteiger partial charge is 0.445 e. The second kappa shape index (κ2) is 13.6. The third-order valence-corrected chi connectivity index (χ3v) is 5.08. The zero-order valence-corrected chi connectivity index (χ0v) is 20.0. The van der Waals surface area contributed by atoms with Gasteiger partial charge in [0.25, 0.3) is 11.1 Å². The molecule has 184 valence electrons. The van der Waals surface area contributed by atoms with Crippen molar-refractivity contribution in [3.63, 3.8) is 0 Å². The highest BCUT2D eigenvalue weighted by atomic mass is 32.2. The Hall–Kier alpha value is -2.92. The van der Waals surface area contributed by atoms with Crippen LogP contribution in [0.2, 0.25) is 0 Å². The van der Waals surface area contributed by atoms with Gasteiger partial charge in [0.2, 0.25) is 11.7 Å². The lowest BCUT2D eigenvalue weighted by Crippen LogP contribution is -2.52. The van der Waals surface area contributed by atoms with E-state index in [4.69, 9.17) is 13.9 Å². The molecule has 0 bridgehead atoms. The quantitative estimate of drug-likeness (QED) is 0.326. The fraction of sp³-hybridized carbons (Fsp3) is 0.500. The molecule has 0 aliphatic heterocycles. The number of alkyl carbamates (subject to hydrolysis) is 1. The molecule has 2 rings (SSSR count). The number of carbonyl (C=O) groups is 3. The first-order chi connectivity index (χ1) is 15.8. The van der Waals surface area contributed by atoms with Crippen molar-refractivity contribution in [2.24, 2.45) is 5.92 Å². The van der Waals surface area contributed by atoms with Gasteiger partial charge in [-0.15, -0.1) is 10.2 Å². The summed E-state index contributed by atoms with van der Waals surface area (Å²) < 4.78 is 15.6. The highest BCUT2D eigenvalue weighted by Gasteiger charge is 2.30. The summed E-state index contributed by atoms with van der Waals surface area (Å²) in [6.07, 6.45) is 1.57. The zero-order valence-electron chi connectivity index (χ0n) is 19.2. The number of methoxy groups -OCH3 is 1. The average Bonchev–Trinajstić information content (AvgIpc) is 3.29. The van der Waals surface area contributed by atoms with E-state index in [1.807, 2.05) is 44.2 Å². The van der Waals surface area contributed by atoms with Crippen molar-refractivity contribution in [2.45, 2.75) is 50.6 Å². The molecule has 33 heavy (non-hydrogen) atoms. The SMILES string of the molecule is COCC[C@H](NC(=O)[C@H](CC(C)C)NC(=O)OCc1ccccc1)C(=O)c1nnc(SC)o1.[HH].[HH]. The molecule has 0 aliphatic rings. The second-order valence-electron chi connectivity index (χ2n) is 7.67. The summed E-state index contributed by atoms with van der Waals surface area (Å²) in [7, 11) is 1.49. The predicted molar refractivity (Wildman–Crippen MR) is 126 cm³/mol. The maximum absolute atomic E-state index is 13.0. The standard InChI is InChI=1S/C22H30N4O6S.2H2/c1-14(2)12-17(24-21(29)31-13-15-8-6-5-7-9-15)19(28)23-16(10-11-30-3)18(27)20-25-26-22(32-20)33-4;;/h5-9,14,16-17H,10-13H2,1-4H3,(H,23,28)(H,24,29);2*1H/t16-,17-;;/m0../s1. The summed E-state index contributed by atoms with van der Waals surface area (Å²) in [6.45, 7) is 4.15. The molecule has 1 aromatic carbocycles. The molecule has 2 aromatic rings. The summed E-state index contributed by atoms with van der Waals surface area (Å²) in [4.78, 5) is 38.2. The highest BCUT2D eigenvalue weighted by molar-refractivity contribution is 7.98. The fourth-order valence-electron chi connectivity index (χ4n) is 2.93. The van der Waals surface area contributed by atoms with Crippen molar-refractivity contribution < 1.29 is 31.1 Å². The number of ether oxygens (including phenoxy) is 2. The van der Waals surface area contributed by atoms with Gasteiger partial charge in [-0.05, 0) is 30.6 Å². The topological polar surface area (TPSA) is 133 Å². The highest BCUT2D eigenvalue weighted by Crippen LogP contribution is 2.14. The summed E-state index contributed by atoms with van der Waals surface area (Å²) >= 11 is 1.21. The Labute approximate surface area is 200 Å². The fourth-order valence-corrected chi connectivity index (χ4v) is 3.21. The van der Waals surface area contributed by atoms with Crippen LogP contribution in [0.1, 0.15) is 45.8 Å². The number of nitrogens with one attached hydrogen (secondary N) is 2. The minimum atomic E-state index is -0.954. The van der Waals surface area contributed by atoms with Crippen molar-refractivity contribution in [2.75, 3.05) is 20.0 Å². The first-order valence-electron chi connectivity index (χ1n) is 10.5. The Balaban J connectivity index is 0.00000578. The third-order valence-electron chi connectivity index (χ3n) is 4.56. The normalized spacial score (nSPS) is 12.8. The van der Waals surface area contributed by atoms with E-state index >= 15 is 0 Å². The minimum absolute atomic E-state index is 0.